The van der Waals surface area contributed by atoms with E-state index in [4.69, 9.17) is 0 Å². The van der Waals surface area contributed by atoms with Gasteiger partial charge in [-0.3, -0.25) is 18.9 Å². The second-order valence-electron chi connectivity index (χ2n) is 6.89. The van der Waals surface area contributed by atoms with Crippen molar-refractivity contribution in [3.05, 3.63) is 96.6 Å². The molecule has 0 unspecified atom stereocenters. The van der Waals surface area contributed by atoms with Crippen LogP contribution >= 0.6 is 0 Å². The van der Waals surface area contributed by atoms with Crippen LogP contribution in [0, 0.1) is 24.4 Å². The molecular weight excluding hydrogens is 610 g/mol. The van der Waals surface area contributed by atoms with Gasteiger partial charge in [0.05, 0.1) is 11.5 Å². The number of halogens is 3. The second-order valence-corrected chi connectivity index (χ2v) is 6.89. The maximum Gasteiger partial charge on any atom is 3.00 e. The summed E-state index contributed by atoms with van der Waals surface area (Å²) in [6, 6.07) is 17.9. The van der Waals surface area contributed by atoms with Gasteiger partial charge in [-0.1, -0.05) is 18.2 Å². The largest absolute Gasteiger partial charge is 3.00 e. The van der Waals surface area contributed by atoms with E-state index in [1.165, 1.54) is 0 Å². The Morgan fingerprint density at radius 3 is 2.52 bits per heavy atom. The molecule has 1 aliphatic rings. The Kier molecular flexibility index (Phi) is 8.19. The number of anilines is 2. The van der Waals surface area contributed by atoms with Crippen molar-refractivity contribution < 1.29 is 33.3 Å². The molecule has 2 aromatic carbocycles. The van der Waals surface area contributed by atoms with Crippen LogP contribution in [0.1, 0.15) is 11.4 Å². The van der Waals surface area contributed by atoms with Gasteiger partial charge in [0, 0.05) is 29.2 Å². The number of pyridine rings is 1. The van der Waals surface area contributed by atoms with Crippen molar-refractivity contribution in [3.63, 3.8) is 0 Å². The van der Waals surface area contributed by atoms with Crippen molar-refractivity contribution in [1.82, 2.24) is 20.2 Å². The van der Waals surface area contributed by atoms with E-state index < -0.39 is 18.3 Å². The summed E-state index contributed by atoms with van der Waals surface area (Å²) in [5.41, 5.74) is 3.02. The quantitative estimate of drug-likeness (QED) is 0.315. The summed E-state index contributed by atoms with van der Waals surface area (Å²) in [6.07, 6.45) is 1.63. The summed E-state index contributed by atoms with van der Waals surface area (Å²) in [6.45, 7) is 1.52. The number of fused-ring (bicyclic) bond motifs is 1. The molecule has 3 heterocycles. The number of rotatable bonds is 4. The number of benzene rings is 2. The molecule has 0 saturated heterocycles. The van der Waals surface area contributed by atoms with Crippen LogP contribution in [0.25, 0.3) is 11.5 Å². The fourth-order valence-electron chi connectivity index (χ4n) is 3.16. The number of aromatic nitrogens is 4. The van der Waals surface area contributed by atoms with E-state index in [1.807, 2.05) is 53.8 Å². The smallest absolute Gasteiger partial charge is 0.504 e. The molecule has 0 saturated carbocycles. The average molecular weight is 628 g/mol. The predicted molar refractivity (Wildman–Crippen MR) is 114 cm³/mol. The fourth-order valence-corrected chi connectivity index (χ4v) is 3.16. The Balaban J connectivity index is 0.000000192. The van der Waals surface area contributed by atoms with Crippen molar-refractivity contribution >= 4 is 11.4 Å². The summed E-state index contributed by atoms with van der Waals surface area (Å²) >= 11 is 0. The van der Waals surface area contributed by atoms with Gasteiger partial charge in [0.15, 0.2) is 0 Å². The number of para-hydroxylation sites is 2. The number of alkyl halides is 1. The maximum absolute atomic E-state index is 13.7. The molecule has 0 radical (unpaired) electrons. The first-order chi connectivity index (χ1) is 15.5. The predicted octanol–water partition coefficient (Wildman–Crippen LogP) is 4.30. The van der Waals surface area contributed by atoms with Crippen molar-refractivity contribution in [2.45, 2.75) is 13.2 Å². The molecule has 0 bridgehead atoms. The maximum atomic E-state index is 13.7. The third-order valence-corrected chi connectivity index (χ3v) is 4.66. The monoisotopic (exact) mass is 628 g/mol. The van der Waals surface area contributed by atoms with Crippen LogP contribution in [-0.2, 0) is 33.3 Å². The van der Waals surface area contributed by atoms with Gasteiger partial charge in [-0.2, -0.15) is 12.7 Å². The van der Waals surface area contributed by atoms with Crippen LogP contribution in [0.2, 0.25) is 0 Å². The van der Waals surface area contributed by atoms with E-state index in [0.29, 0.717) is 23.6 Å². The summed E-state index contributed by atoms with van der Waals surface area (Å²) in [7, 11) is 1.93. The van der Waals surface area contributed by atoms with Gasteiger partial charge < -0.3 is 19.9 Å². The molecule has 0 aliphatic carbocycles. The molecular formula is C23H18F3IrN6. The van der Waals surface area contributed by atoms with Gasteiger partial charge in [0.2, 0.25) is 0 Å². The van der Waals surface area contributed by atoms with Gasteiger partial charge in [0.25, 0.3) is 0 Å². The first-order valence-corrected chi connectivity index (χ1v) is 9.68. The average Bonchev–Trinajstić information content (AvgIpc) is 3.42. The van der Waals surface area contributed by atoms with Crippen molar-refractivity contribution in [1.29, 1.82) is 0 Å². The summed E-state index contributed by atoms with van der Waals surface area (Å²) in [5.74, 6) is -0.710. The van der Waals surface area contributed by atoms with Gasteiger partial charge in [-0.05, 0) is 43.7 Å². The Hall–Kier alpha value is -3.23. The van der Waals surface area contributed by atoms with Crippen LogP contribution in [0.4, 0.5) is 24.5 Å². The SMILES string of the molecule is CN1[CH-]N(Cc2[c-]cc(F)cc2F)c2ccccc21.FCc1n[n-]c(-c2ccccn2)n1.[Ir+3]. The zero-order chi connectivity index (χ0) is 22.5. The van der Waals surface area contributed by atoms with Crippen molar-refractivity contribution in [3.8, 4) is 11.5 Å². The Morgan fingerprint density at radius 2 is 1.85 bits per heavy atom. The third kappa shape index (κ3) is 5.77. The van der Waals surface area contributed by atoms with E-state index >= 15 is 0 Å². The fraction of sp³-hybridized carbons (Fsp3) is 0.130. The van der Waals surface area contributed by atoms with E-state index in [9.17, 15) is 13.2 Å². The number of hydrogen-bond acceptors (Lipinski definition) is 5. The van der Waals surface area contributed by atoms with Crippen molar-refractivity contribution in [2.75, 3.05) is 16.8 Å². The molecule has 0 spiro atoms. The van der Waals surface area contributed by atoms with Crippen LogP contribution in [0.5, 0.6) is 0 Å². The van der Waals surface area contributed by atoms with Crippen molar-refractivity contribution in [2.24, 2.45) is 0 Å². The normalized spacial score (nSPS) is 12.0. The summed E-state index contributed by atoms with van der Waals surface area (Å²) in [4.78, 5) is 11.7. The summed E-state index contributed by atoms with van der Waals surface area (Å²) in [5, 5.41) is 7.23. The Morgan fingerprint density at radius 1 is 1.09 bits per heavy atom. The zero-order valence-corrected chi connectivity index (χ0v) is 19.8. The van der Waals surface area contributed by atoms with Crippen LogP contribution < -0.4 is 14.9 Å². The van der Waals surface area contributed by atoms with Crippen LogP contribution in [-0.4, -0.2) is 22.1 Å². The zero-order valence-electron chi connectivity index (χ0n) is 17.4. The molecule has 0 fully saturated rings. The molecule has 6 nitrogen and oxygen atoms in total. The van der Waals surface area contributed by atoms with E-state index in [0.717, 1.165) is 23.5 Å². The molecule has 0 N–H and O–H groups in total. The molecule has 10 heteroatoms. The Bertz CT molecular complexity index is 1190. The molecule has 0 atom stereocenters. The van der Waals surface area contributed by atoms with E-state index in [-0.39, 0.29) is 25.9 Å². The van der Waals surface area contributed by atoms with E-state index in [2.05, 4.69) is 26.2 Å². The molecule has 0 amide bonds. The second kappa shape index (κ2) is 11.1. The molecule has 170 valence electrons. The first kappa shape index (κ1) is 24.4. The van der Waals surface area contributed by atoms with E-state index in [1.54, 1.807) is 18.3 Å². The minimum Gasteiger partial charge on any atom is -0.504 e. The number of hydrogen-bond donors (Lipinski definition) is 0. The van der Waals surface area contributed by atoms with Gasteiger partial charge >= 0.3 is 20.1 Å². The molecule has 5 rings (SSSR count). The third-order valence-electron chi connectivity index (χ3n) is 4.66. The first-order valence-electron chi connectivity index (χ1n) is 9.68. The van der Waals surface area contributed by atoms with Gasteiger partial charge in [-0.15, -0.1) is 17.7 Å². The molecule has 1 aliphatic heterocycles. The minimum absolute atomic E-state index is 0. The minimum atomic E-state index is -0.695. The van der Waals surface area contributed by atoms with Gasteiger partial charge in [0.1, 0.15) is 6.67 Å². The van der Waals surface area contributed by atoms with Crippen LogP contribution in [0.15, 0.2) is 60.8 Å². The number of nitrogens with zero attached hydrogens (tertiary/aromatic N) is 6. The molecule has 4 aromatic rings. The van der Waals surface area contributed by atoms with Crippen LogP contribution in [0.3, 0.4) is 0 Å². The molecule has 2 aromatic heterocycles. The Labute approximate surface area is 202 Å². The topological polar surface area (TPSA) is 59.2 Å². The molecule has 33 heavy (non-hydrogen) atoms. The summed E-state index contributed by atoms with van der Waals surface area (Å²) < 4.78 is 38.6. The standard InChI is InChI=1S/C15H12F2N2.C8H6FN4.Ir/c1-18-10-19(15-5-3-2-4-14(15)18)9-11-6-7-12(16)8-13(11)17;9-5-7-11-8(13-12-7)6-3-1-2-4-10-6;/h2-5,7-8,10H,9H2,1H3;1-4H,5H2;/q-2;-1;+3. The van der Waals surface area contributed by atoms with Gasteiger partial charge in [-0.25, -0.2) is 4.39 Å².